The first-order valence-electron chi connectivity index (χ1n) is 11.1. The van der Waals surface area contributed by atoms with Crippen LogP contribution in [-0.4, -0.2) is 59.4 Å². The number of aryl methyl sites for hydroxylation is 1. The van der Waals surface area contributed by atoms with Crippen LogP contribution in [0.5, 0.6) is 0 Å². The highest BCUT2D eigenvalue weighted by Crippen LogP contribution is 2.31. The van der Waals surface area contributed by atoms with Crippen LogP contribution in [0, 0.1) is 12.8 Å². The highest BCUT2D eigenvalue weighted by atomic mass is 32.1. The third-order valence-corrected chi connectivity index (χ3v) is 7.31. The standard InChI is InChI=1S/C24H29N3O5S/c1-15-19-22(29)25-18(26-23(19)33-21(15)24(30)32-13-12-31-2)14-27-10-8-17(9-11-27)20(28)16-6-4-3-5-7-16/h3-7,17,20,28H,8-14H2,1-2H3,(H,25,26,29). The molecule has 1 atom stereocenters. The van der Waals surface area contributed by atoms with E-state index in [4.69, 9.17) is 9.47 Å². The molecule has 0 bridgehead atoms. The monoisotopic (exact) mass is 471 g/mol. The number of aliphatic hydroxyl groups is 1. The minimum atomic E-state index is -0.465. The quantitative estimate of drug-likeness (QED) is 0.384. The normalized spacial score (nSPS) is 16.2. The Labute approximate surface area is 196 Å². The fourth-order valence-electron chi connectivity index (χ4n) is 4.30. The van der Waals surface area contributed by atoms with Gasteiger partial charge in [-0.05, 0) is 49.9 Å². The summed E-state index contributed by atoms with van der Waals surface area (Å²) >= 11 is 1.18. The number of aromatic amines is 1. The van der Waals surface area contributed by atoms with Crippen LogP contribution in [0.3, 0.4) is 0 Å². The predicted octanol–water partition coefficient (Wildman–Crippen LogP) is 3.04. The number of nitrogens with zero attached hydrogens (tertiary/aromatic N) is 2. The number of H-pyrrole nitrogens is 1. The Morgan fingerprint density at radius 1 is 1.27 bits per heavy atom. The number of nitrogens with one attached hydrogen (secondary N) is 1. The van der Waals surface area contributed by atoms with E-state index >= 15 is 0 Å². The van der Waals surface area contributed by atoms with Gasteiger partial charge >= 0.3 is 5.97 Å². The summed E-state index contributed by atoms with van der Waals surface area (Å²) in [5, 5.41) is 11.1. The molecule has 1 unspecified atom stereocenters. The van der Waals surface area contributed by atoms with Crippen molar-refractivity contribution in [3.63, 3.8) is 0 Å². The van der Waals surface area contributed by atoms with Crippen LogP contribution in [-0.2, 0) is 16.0 Å². The molecule has 1 aliphatic heterocycles. The van der Waals surface area contributed by atoms with E-state index in [1.807, 2.05) is 30.3 Å². The van der Waals surface area contributed by atoms with Crippen molar-refractivity contribution in [2.24, 2.45) is 5.92 Å². The van der Waals surface area contributed by atoms with E-state index in [1.54, 1.807) is 6.92 Å². The molecule has 1 aliphatic rings. The van der Waals surface area contributed by atoms with Gasteiger partial charge in [-0.2, -0.15) is 0 Å². The number of methoxy groups -OCH3 is 1. The molecule has 8 nitrogen and oxygen atoms in total. The Morgan fingerprint density at radius 2 is 2.00 bits per heavy atom. The van der Waals surface area contributed by atoms with Gasteiger partial charge in [0.15, 0.2) is 0 Å². The summed E-state index contributed by atoms with van der Waals surface area (Å²) in [6.07, 6.45) is 1.29. The molecule has 4 rings (SSSR count). The van der Waals surface area contributed by atoms with Crippen LogP contribution >= 0.6 is 11.3 Å². The molecule has 3 heterocycles. The van der Waals surface area contributed by atoms with Crippen molar-refractivity contribution in [3.05, 3.63) is 62.5 Å². The fraction of sp³-hybridized carbons (Fsp3) is 0.458. The van der Waals surface area contributed by atoms with Crippen molar-refractivity contribution < 1.29 is 19.4 Å². The smallest absolute Gasteiger partial charge is 0.348 e. The highest BCUT2D eigenvalue weighted by molar-refractivity contribution is 7.20. The minimum Gasteiger partial charge on any atom is -0.459 e. The number of carbonyl (C=O) groups excluding carboxylic acids is 1. The molecule has 0 spiro atoms. The van der Waals surface area contributed by atoms with Crippen LogP contribution in [0.15, 0.2) is 35.1 Å². The summed E-state index contributed by atoms with van der Waals surface area (Å²) in [5.74, 6) is 0.326. The van der Waals surface area contributed by atoms with Gasteiger partial charge in [-0.15, -0.1) is 11.3 Å². The molecule has 1 aromatic carbocycles. The van der Waals surface area contributed by atoms with Crippen molar-refractivity contribution in [3.8, 4) is 0 Å². The van der Waals surface area contributed by atoms with E-state index in [0.29, 0.717) is 39.6 Å². The van der Waals surface area contributed by atoms with Crippen molar-refractivity contribution in [1.29, 1.82) is 0 Å². The maximum Gasteiger partial charge on any atom is 0.348 e. The first kappa shape index (κ1) is 23.6. The fourth-order valence-corrected chi connectivity index (χ4v) is 5.40. The van der Waals surface area contributed by atoms with Crippen molar-refractivity contribution in [2.75, 3.05) is 33.4 Å². The Balaban J connectivity index is 1.42. The molecule has 33 heavy (non-hydrogen) atoms. The van der Waals surface area contributed by atoms with Gasteiger partial charge in [0, 0.05) is 7.11 Å². The Morgan fingerprint density at radius 3 is 2.70 bits per heavy atom. The molecule has 0 saturated carbocycles. The summed E-state index contributed by atoms with van der Waals surface area (Å²) in [5.41, 5.74) is 1.31. The number of rotatable bonds is 8. The maximum atomic E-state index is 12.7. The molecule has 0 amide bonds. The third kappa shape index (κ3) is 5.33. The minimum absolute atomic E-state index is 0.160. The van der Waals surface area contributed by atoms with Gasteiger partial charge < -0.3 is 19.6 Å². The van der Waals surface area contributed by atoms with Crippen LogP contribution in [0.2, 0.25) is 0 Å². The number of esters is 1. The zero-order valence-electron chi connectivity index (χ0n) is 18.9. The van der Waals surface area contributed by atoms with Crippen LogP contribution in [0.4, 0.5) is 0 Å². The van der Waals surface area contributed by atoms with Crippen molar-refractivity contribution in [2.45, 2.75) is 32.4 Å². The SMILES string of the molecule is COCCOC(=O)c1sc2nc(CN3CCC(C(O)c4ccccc4)CC3)[nH]c(=O)c2c1C. The van der Waals surface area contributed by atoms with Gasteiger partial charge in [0.1, 0.15) is 22.1 Å². The lowest BCUT2D eigenvalue weighted by atomic mass is 9.87. The highest BCUT2D eigenvalue weighted by Gasteiger charge is 2.27. The molecule has 3 aromatic rings. The molecule has 0 radical (unpaired) electrons. The van der Waals surface area contributed by atoms with Crippen molar-refractivity contribution >= 4 is 27.5 Å². The number of thiophene rings is 1. The Bertz CT molecular complexity index is 1150. The molecule has 2 N–H and O–H groups in total. The molecule has 9 heteroatoms. The average Bonchev–Trinajstić information content (AvgIpc) is 3.16. The third-order valence-electron chi connectivity index (χ3n) is 6.15. The summed E-state index contributed by atoms with van der Waals surface area (Å²) in [6, 6.07) is 9.77. The van der Waals surface area contributed by atoms with Crippen molar-refractivity contribution in [1.82, 2.24) is 14.9 Å². The lowest BCUT2D eigenvalue weighted by Crippen LogP contribution is -2.36. The first-order chi connectivity index (χ1) is 16.0. The van der Waals surface area contributed by atoms with E-state index < -0.39 is 12.1 Å². The number of hydrogen-bond donors (Lipinski definition) is 2. The molecule has 2 aromatic heterocycles. The Hall–Kier alpha value is -2.59. The lowest BCUT2D eigenvalue weighted by Gasteiger charge is -2.34. The van der Waals surface area contributed by atoms with E-state index in [-0.39, 0.29) is 18.1 Å². The predicted molar refractivity (Wildman–Crippen MR) is 127 cm³/mol. The summed E-state index contributed by atoms with van der Waals surface area (Å²) < 4.78 is 10.1. The summed E-state index contributed by atoms with van der Waals surface area (Å²) in [4.78, 5) is 35.8. The zero-order chi connectivity index (χ0) is 23.4. The Kier molecular flexibility index (Phi) is 7.54. The first-order valence-corrected chi connectivity index (χ1v) is 11.9. The maximum absolute atomic E-state index is 12.7. The lowest BCUT2D eigenvalue weighted by molar-refractivity contribution is 0.0393. The molecular formula is C24H29N3O5S. The van der Waals surface area contributed by atoms with Gasteiger partial charge in [-0.3, -0.25) is 9.69 Å². The van der Waals surface area contributed by atoms with E-state index in [0.717, 1.165) is 31.5 Å². The summed E-state index contributed by atoms with van der Waals surface area (Å²) in [6.45, 7) is 4.37. The number of likely N-dealkylation sites (tertiary alicyclic amines) is 1. The number of aromatic nitrogens is 2. The average molecular weight is 472 g/mol. The second-order valence-electron chi connectivity index (χ2n) is 8.35. The number of hydrogen-bond acceptors (Lipinski definition) is 8. The second-order valence-corrected chi connectivity index (χ2v) is 9.35. The van der Waals surface area contributed by atoms with E-state index in [1.165, 1.54) is 18.4 Å². The number of ether oxygens (including phenoxy) is 2. The van der Waals surface area contributed by atoms with Gasteiger partial charge in [0.25, 0.3) is 5.56 Å². The second kappa shape index (κ2) is 10.6. The number of benzene rings is 1. The molecule has 1 fully saturated rings. The van der Waals surface area contributed by atoms with Gasteiger partial charge in [0.2, 0.25) is 0 Å². The zero-order valence-corrected chi connectivity index (χ0v) is 19.7. The summed E-state index contributed by atoms with van der Waals surface area (Å²) in [7, 11) is 1.54. The van der Waals surface area contributed by atoms with Gasteiger partial charge in [0.05, 0.1) is 24.6 Å². The number of carbonyl (C=O) groups is 1. The van der Waals surface area contributed by atoms with E-state index in [2.05, 4.69) is 14.9 Å². The molecule has 176 valence electrons. The largest absolute Gasteiger partial charge is 0.459 e. The van der Waals surface area contributed by atoms with Crippen LogP contribution in [0.25, 0.3) is 10.2 Å². The topological polar surface area (TPSA) is 105 Å². The molecule has 0 aliphatic carbocycles. The molecular weight excluding hydrogens is 442 g/mol. The van der Waals surface area contributed by atoms with Crippen LogP contribution < -0.4 is 5.56 Å². The van der Waals surface area contributed by atoms with Gasteiger partial charge in [-0.25, -0.2) is 9.78 Å². The number of aliphatic hydroxyl groups excluding tert-OH is 1. The number of piperidine rings is 1. The van der Waals surface area contributed by atoms with Gasteiger partial charge in [-0.1, -0.05) is 30.3 Å². The number of fused-ring (bicyclic) bond motifs is 1. The molecule has 1 saturated heterocycles. The van der Waals surface area contributed by atoms with E-state index in [9.17, 15) is 14.7 Å². The van der Waals surface area contributed by atoms with Crippen LogP contribution in [0.1, 0.15) is 45.6 Å².